The second-order valence-electron chi connectivity index (χ2n) is 6.70. The van der Waals surface area contributed by atoms with Crippen LogP contribution >= 0.6 is 0 Å². The van der Waals surface area contributed by atoms with Gasteiger partial charge in [0.05, 0.1) is 0 Å². The van der Waals surface area contributed by atoms with E-state index in [1.165, 1.54) is 39.0 Å². The van der Waals surface area contributed by atoms with E-state index in [1.807, 2.05) is 6.08 Å². The number of hydrogen-bond acceptors (Lipinski definition) is 0. The summed E-state index contributed by atoms with van der Waals surface area (Å²) in [4.78, 5) is 0. The zero-order chi connectivity index (χ0) is 19.1. The van der Waals surface area contributed by atoms with Gasteiger partial charge >= 0.3 is 0 Å². The Balaban J connectivity index is 1.92. The largest absolute Gasteiger partial charge is 0.0988 e. The SMILES string of the molecule is C=C/C(C)=C(\C=C/C)c1ccccc1Cc1ccc(-c2ccccc2)cc1. The lowest BCUT2D eigenvalue weighted by molar-refractivity contribution is 1.18. The standard InChI is InChI=1S/C27H26/c1-4-11-26(21(3)5-2)27-15-10-9-14-25(27)20-22-16-18-24(19-17-22)23-12-7-6-8-13-23/h4-19H,2,20H2,1,3H3/b11-4-,26-21+. The maximum Gasteiger partial charge on any atom is -0.00196 e. The minimum Gasteiger partial charge on any atom is -0.0988 e. The monoisotopic (exact) mass is 350 g/mol. The molecule has 0 aliphatic rings. The summed E-state index contributed by atoms with van der Waals surface area (Å²) in [5.74, 6) is 0. The van der Waals surface area contributed by atoms with Gasteiger partial charge in [0.15, 0.2) is 0 Å². The number of rotatable bonds is 6. The third-order valence-corrected chi connectivity index (χ3v) is 4.83. The molecule has 0 radical (unpaired) electrons. The average molecular weight is 351 g/mol. The molecule has 0 nitrogen and oxygen atoms in total. The van der Waals surface area contributed by atoms with Crippen molar-refractivity contribution in [1.29, 1.82) is 0 Å². The van der Waals surface area contributed by atoms with Crippen LogP contribution in [0, 0.1) is 0 Å². The topological polar surface area (TPSA) is 0 Å². The van der Waals surface area contributed by atoms with Crippen molar-refractivity contribution < 1.29 is 0 Å². The molecule has 0 N–H and O–H groups in total. The summed E-state index contributed by atoms with van der Waals surface area (Å²) in [7, 11) is 0. The molecule has 27 heavy (non-hydrogen) atoms. The first-order chi connectivity index (χ1) is 13.2. The highest BCUT2D eigenvalue weighted by atomic mass is 14.1. The van der Waals surface area contributed by atoms with Crippen LogP contribution in [-0.2, 0) is 6.42 Å². The van der Waals surface area contributed by atoms with Crippen LogP contribution in [0.2, 0.25) is 0 Å². The summed E-state index contributed by atoms with van der Waals surface area (Å²) in [5, 5.41) is 0. The molecular weight excluding hydrogens is 324 g/mol. The van der Waals surface area contributed by atoms with Gasteiger partial charge in [0.2, 0.25) is 0 Å². The summed E-state index contributed by atoms with van der Waals surface area (Å²) >= 11 is 0. The second kappa shape index (κ2) is 9.00. The van der Waals surface area contributed by atoms with Gasteiger partial charge < -0.3 is 0 Å². The van der Waals surface area contributed by atoms with Crippen LogP contribution in [0.3, 0.4) is 0 Å². The van der Waals surface area contributed by atoms with E-state index in [1.54, 1.807) is 0 Å². The molecule has 0 spiro atoms. The van der Waals surface area contributed by atoms with Gasteiger partial charge in [0.1, 0.15) is 0 Å². The van der Waals surface area contributed by atoms with Crippen LogP contribution in [0.15, 0.2) is 109 Å². The fourth-order valence-electron chi connectivity index (χ4n) is 3.31. The van der Waals surface area contributed by atoms with Gasteiger partial charge in [-0.2, -0.15) is 0 Å². The van der Waals surface area contributed by atoms with Crippen LogP contribution in [0.5, 0.6) is 0 Å². The molecule has 0 heterocycles. The Morgan fingerprint density at radius 3 is 2.11 bits per heavy atom. The molecule has 0 bridgehead atoms. The van der Waals surface area contributed by atoms with Gasteiger partial charge in [-0.15, -0.1) is 0 Å². The Kier molecular flexibility index (Phi) is 6.22. The van der Waals surface area contributed by atoms with Crippen molar-refractivity contribution in [2.45, 2.75) is 20.3 Å². The highest BCUT2D eigenvalue weighted by Gasteiger charge is 2.08. The average Bonchev–Trinajstić information content (AvgIpc) is 2.73. The van der Waals surface area contributed by atoms with Gasteiger partial charge in [0, 0.05) is 0 Å². The minimum absolute atomic E-state index is 0.913. The minimum atomic E-state index is 0.913. The molecule has 0 unspecified atom stereocenters. The first-order valence-electron chi connectivity index (χ1n) is 9.41. The number of hydrogen-bond donors (Lipinski definition) is 0. The lowest BCUT2D eigenvalue weighted by Gasteiger charge is -2.13. The van der Waals surface area contributed by atoms with Crippen molar-refractivity contribution in [1.82, 2.24) is 0 Å². The predicted octanol–water partition coefficient (Wildman–Crippen LogP) is 7.48. The zero-order valence-corrected chi connectivity index (χ0v) is 16.2. The van der Waals surface area contributed by atoms with E-state index in [2.05, 4.69) is 111 Å². The van der Waals surface area contributed by atoms with E-state index in [-0.39, 0.29) is 0 Å². The summed E-state index contributed by atoms with van der Waals surface area (Å²) in [6, 6.07) is 28.1. The van der Waals surface area contributed by atoms with Crippen molar-refractivity contribution in [3.05, 3.63) is 126 Å². The molecular formula is C27H26. The van der Waals surface area contributed by atoms with Crippen LogP contribution in [0.25, 0.3) is 16.7 Å². The number of allylic oxidation sites excluding steroid dienone is 5. The van der Waals surface area contributed by atoms with Gasteiger partial charge in [-0.3, -0.25) is 0 Å². The molecule has 3 aromatic carbocycles. The van der Waals surface area contributed by atoms with Crippen LogP contribution in [0.1, 0.15) is 30.5 Å². The van der Waals surface area contributed by atoms with E-state index in [0.29, 0.717) is 0 Å². The van der Waals surface area contributed by atoms with E-state index in [4.69, 9.17) is 0 Å². The predicted molar refractivity (Wildman–Crippen MR) is 119 cm³/mol. The Morgan fingerprint density at radius 2 is 1.44 bits per heavy atom. The molecule has 0 heteroatoms. The van der Waals surface area contributed by atoms with Gasteiger partial charge in [-0.1, -0.05) is 104 Å². The summed E-state index contributed by atoms with van der Waals surface area (Å²) in [6.07, 6.45) is 7.11. The molecule has 3 aromatic rings. The van der Waals surface area contributed by atoms with Crippen molar-refractivity contribution >= 4 is 5.57 Å². The van der Waals surface area contributed by atoms with Gasteiger partial charge in [0.25, 0.3) is 0 Å². The van der Waals surface area contributed by atoms with Gasteiger partial charge in [-0.05, 0) is 59.2 Å². The summed E-state index contributed by atoms with van der Waals surface area (Å²) in [5.41, 5.74) is 8.87. The lowest BCUT2D eigenvalue weighted by atomic mass is 9.91. The van der Waals surface area contributed by atoms with Crippen LogP contribution in [0.4, 0.5) is 0 Å². The first-order valence-corrected chi connectivity index (χ1v) is 9.41. The van der Waals surface area contributed by atoms with E-state index in [0.717, 1.165) is 6.42 Å². The zero-order valence-electron chi connectivity index (χ0n) is 16.2. The Bertz CT molecular complexity index is 954. The maximum atomic E-state index is 3.95. The molecule has 3 rings (SSSR count). The third kappa shape index (κ3) is 4.54. The van der Waals surface area contributed by atoms with E-state index < -0.39 is 0 Å². The molecule has 0 saturated heterocycles. The van der Waals surface area contributed by atoms with Crippen LogP contribution in [-0.4, -0.2) is 0 Å². The highest BCUT2D eigenvalue weighted by Crippen LogP contribution is 2.27. The molecule has 0 aromatic heterocycles. The molecule has 0 amide bonds. The summed E-state index contributed by atoms with van der Waals surface area (Å²) in [6.45, 7) is 8.13. The summed E-state index contributed by atoms with van der Waals surface area (Å²) < 4.78 is 0. The molecule has 0 atom stereocenters. The van der Waals surface area contributed by atoms with Crippen molar-refractivity contribution in [3.63, 3.8) is 0 Å². The smallest absolute Gasteiger partial charge is 0.00196 e. The molecule has 0 aliphatic heterocycles. The molecule has 0 fully saturated rings. The van der Waals surface area contributed by atoms with Crippen molar-refractivity contribution in [2.75, 3.05) is 0 Å². The fraction of sp³-hybridized carbons (Fsp3) is 0.111. The molecule has 0 saturated carbocycles. The quantitative estimate of drug-likeness (QED) is 0.404. The molecule has 0 aliphatic carbocycles. The van der Waals surface area contributed by atoms with E-state index in [9.17, 15) is 0 Å². The van der Waals surface area contributed by atoms with Gasteiger partial charge in [-0.25, -0.2) is 0 Å². The van der Waals surface area contributed by atoms with Crippen molar-refractivity contribution in [3.8, 4) is 11.1 Å². The van der Waals surface area contributed by atoms with Crippen LogP contribution < -0.4 is 0 Å². The van der Waals surface area contributed by atoms with E-state index >= 15 is 0 Å². The maximum absolute atomic E-state index is 3.95. The Morgan fingerprint density at radius 1 is 0.815 bits per heavy atom. The Labute approximate surface area is 163 Å². The third-order valence-electron chi connectivity index (χ3n) is 4.83. The second-order valence-corrected chi connectivity index (χ2v) is 6.70. The van der Waals surface area contributed by atoms with Crippen molar-refractivity contribution in [2.24, 2.45) is 0 Å². The normalized spacial score (nSPS) is 12.1. The molecule has 134 valence electrons. The lowest BCUT2D eigenvalue weighted by Crippen LogP contribution is -1.96. The number of benzene rings is 3. The fourth-order valence-corrected chi connectivity index (χ4v) is 3.31. The Hall–Kier alpha value is -3.12. The highest BCUT2D eigenvalue weighted by molar-refractivity contribution is 5.80. The first kappa shape index (κ1) is 18.7.